The number of rotatable bonds is 3. The first-order chi connectivity index (χ1) is 9.27. The molecule has 0 spiro atoms. The Kier molecular flexibility index (Phi) is 4.42. The average Bonchev–Trinajstić information content (AvgIpc) is 2.31. The Labute approximate surface area is 131 Å². The number of aryl methyl sites for hydroxylation is 2. The van der Waals surface area contributed by atoms with Crippen LogP contribution in [0.25, 0.3) is 0 Å². The average molecular weight is 376 g/mol. The summed E-state index contributed by atoms with van der Waals surface area (Å²) in [5.41, 5.74) is 1.53. The molecular weight excluding hydrogens is 364 g/mol. The van der Waals surface area contributed by atoms with Crippen molar-refractivity contribution in [1.29, 1.82) is 0 Å². The Morgan fingerprint density at radius 1 is 1.05 bits per heavy atom. The highest BCUT2D eigenvalue weighted by Gasteiger charge is 2.14. The van der Waals surface area contributed by atoms with Crippen LogP contribution in [0.3, 0.4) is 0 Å². The van der Waals surface area contributed by atoms with Gasteiger partial charge in [0.15, 0.2) is 0 Å². The maximum absolute atomic E-state index is 11.3. The first-order valence-electron chi connectivity index (χ1n) is 5.77. The number of benzene rings is 2. The standard InChI is InChI=1S/C14H12BrClO3S/c1-9-7-11(15)3-5-13(9)19-12-4-6-14(10(2)8-12)20(16,17)18/h3-8H,1-2H3. The minimum absolute atomic E-state index is 0.0963. The van der Waals surface area contributed by atoms with E-state index in [-0.39, 0.29) is 4.90 Å². The monoisotopic (exact) mass is 374 g/mol. The van der Waals surface area contributed by atoms with Crippen LogP contribution in [0, 0.1) is 13.8 Å². The quantitative estimate of drug-likeness (QED) is 0.725. The van der Waals surface area contributed by atoms with E-state index in [2.05, 4.69) is 15.9 Å². The molecule has 0 aliphatic carbocycles. The Hall–Kier alpha value is -1.04. The maximum atomic E-state index is 11.3. The smallest absolute Gasteiger partial charge is 0.261 e. The summed E-state index contributed by atoms with van der Waals surface area (Å²) in [7, 11) is 1.62. The van der Waals surface area contributed by atoms with Crippen molar-refractivity contribution in [1.82, 2.24) is 0 Å². The summed E-state index contributed by atoms with van der Waals surface area (Å²) in [5.74, 6) is 1.28. The van der Waals surface area contributed by atoms with E-state index in [1.54, 1.807) is 19.1 Å². The molecule has 0 saturated carbocycles. The Morgan fingerprint density at radius 3 is 2.30 bits per heavy atom. The normalized spacial score (nSPS) is 11.4. The second-order valence-corrected chi connectivity index (χ2v) is 7.83. The third-order valence-corrected chi connectivity index (χ3v) is 4.75. The van der Waals surface area contributed by atoms with Crippen molar-refractivity contribution >= 4 is 35.7 Å². The van der Waals surface area contributed by atoms with Crippen LogP contribution in [-0.2, 0) is 9.05 Å². The van der Waals surface area contributed by atoms with Gasteiger partial charge in [0.2, 0.25) is 0 Å². The largest absolute Gasteiger partial charge is 0.457 e. The van der Waals surface area contributed by atoms with E-state index in [9.17, 15) is 8.42 Å². The van der Waals surface area contributed by atoms with Gasteiger partial charge in [-0.15, -0.1) is 0 Å². The molecule has 0 amide bonds. The van der Waals surface area contributed by atoms with Gasteiger partial charge in [-0.2, -0.15) is 0 Å². The summed E-state index contributed by atoms with van der Waals surface area (Å²) in [6, 6.07) is 10.4. The lowest BCUT2D eigenvalue weighted by Gasteiger charge is -2.10. The van der Waals surface area contributed by atoms with Crippen molar-refractivity contribution in [3.8, 4) is 11.5 Å². The predicted molar refractivity (Wildman–Crippen MR) is 83.2 cm³/mol. The summed E-state index contributed by atoms with van der Waals surface area (Å²) in [6.07, 6.45) is 0. The van der Waals surface area contributed by atoms with Gasteiger partial charge in [-0.3, -0.25) is 0 Å². The van der Waals surface area contributed by atoms with Gasteiger partial charge in [-0.25, -0.2) is 8.42 Å². The number of hydrogen-bond donors (Lipinski definition) is 0. The lowest BCUT2D eigenvalue weighted by atomic mass is 10.2. The molecule has 0 atom stereocenters. The van der Waals surface area contributed by atoms with Gasteiger partial charge in [-0.1, -0.05) is 15.9 Å². The van der Waals surface area contributed by atoms with Gasteiger partial charge in [-0.05, 0) is 61.4 Å². The van der Waals surface area contributed by atoms with Crippen LogP contribution >= 0.6 is 26.6 Å². The first kappa shape index (κ1) is 15.4. The van der Waals surface area contributed by atoms with Crippen molar-refractivity contribution in [2.75, 3.05) is 0 Å². The Morgan fingerprint density at radius 2 is 1.75 bits per heavy atom. The molecule has 0 saturated heterocycles. The van der Waals surface area contributed by atoms with Crippen LogP contribution in [0.5, 0.6) is 11.5 Å². The highest BCUT2D eigenvalue weighted by Crippen LogP contribution is 2.30. The summed E-state index contributed by atoms with van der Waals surface area (Å²) in [5, 5.41) is 0. The van der Waals surface area contributed by atoms with E-state index in [1.165, 1.54) is 6.07 Å². The fourth-order valence-electron chi connectivity index (χ4n) is 1.81. The van der Waals surface area contributed by atoms with Gasteiger partial charge in [0.1, 0.15) is 11.5 Å². The highest BCUT2D eigenvalue weighted by atomic mass is 79.9. The molecule has 0 heterocycles. The highest BCUT2D eigenvalue weighted by molar-refractivity contribution is 9.10. The van der Waals surface area contributed by atoms with E-state index < -0.39 is 9.05 Å². The molecule has 6 heteroatoms. The second-order valence-electron chi connectivity index (χ2n) is 4.38. The molecule has 3 nitrogen and oxygen atoms in total. The van der Waals surface area contributed by atoms with Gasteiger partial charge in [0, 0.05) is 15.2 Å². The van der Waals surface area contributed by atoms with E-state index in [0.717, 1.165) is 10.0 Å². The molecule has 0 aromatic heterocycles. The molecule has 106 valence electrons. The van der Waals surface area contributed by atoms with Crippen LogP contribution in [-0.4, -0.2) is 8.42 Å². The molecule has 20 heavy (non-hydrogen) atoms. The number of hydrogen-bond acceptors (Lipinski definition) is 3. The SMILES string of the molecule is Cc1cc(Br)ccc1Oc1ccc(S(=O)(=O)Cl)c(C)c1. The van der Waals surface area contributed by atoms with Crippen LogP contribution in [0.1, 0.15) is 11.1 Å². The molecule has 0 radical (unpaired) electrons. The second kappa shape index (κ2) is 5.76. The number of ether oxygens (including phenoxy) is 1. The number of halogens is 2. The minimum atomic E-state index is -3.73. The van der Waals surface area contributed by atoms with Crippen molar-refractivity contribution in [2.45, 2.75) is 18.7 Å². The third-order valence-electron chi connectivity index (χ3n) is 2.77. The fraction of sp³-hybridized carbons (Fsp3) is 0.143. The zero-order valence-electron chi connectivity index (χ0n) is 10.9. The van der Waals surface area contributed by atoms with Crippen molar-refractivity contribution < 1.29 is 13.2 Å². The minimum Gasteiger partial charge on any atom is -0.457 e. The van der Waals surface area contributed by atoms with Gasteiger partial charge < -0.3 is 4.74 Å². The third kappa shape index (κ3) is 3.53. The molecule has 0 N–H and O–H groups in total. The van der Waals surface area contributed by atoms with Gasteiger partial charge >= 0.3 is 0 Å². The molecule has 0 bridgehead atoms. The zero-order chi connectivity index (χ0) is 14.9. The van der Waals surface area contributed by atoms with Crippen LogP contribution in [0.2, 0.25) is 0 Å². The lowest BCUT2D eigenvalue weighted by Crippen LogP contribution is -1.95. The summed E-state index contributed by atoms with van der Waals surface area (Å²) in [6.45, 7) is 3.61. The van der Waals surface area contributed by atoms with Crippen LogP contribution < -0.4 is 4.74 Å². The molecule has 0 aliphatic rings. The summed E-state index contributed by atoms with van der Waals surface area (Å²) >= 11 is 3.39. The van der Waals surface area contributed by atoms with Gasteiger partial charge in [0.25, 0.3) is 9.05 Å². The van der Waals surface area contributed by atoms with E-state index in [4.69, 9.17) is 15.4 Å². The Bertz CT molecular complexity index is 757. The van der Waals surface area contributed by atoms with Gasteiger partial charge in [0.05, 0.1) is 4.90 Å². The van der Waals surface area contributed by atoms with E-state index in [0.29, 0.717) is 17.1 Å². The van der Waals surface area contributed by atoms with E-state index in [1.807, 2.05) is 25.1 Å². The molecular formula is C14H12BrClO3S. The summed E-state index contributed by atoms with van der Waals surface area (Å²) < 4.78 is 29.4. The van der Waals surface area contributed by atoms with Crippen molar-refractivity contribution in [3.63, 3.8) is 0 Å². The molecule has 0 fully saturated rings. The van der Waals surface area contributed by atoms with Crippen LogP contribution in [0.4, 0.5) is 0 Å². The van der Waals surface area contributed by atoms with Crippen molar-refractivity contribution in [3.05, 3.63) is 52.0 Å². The molecule has 0 aliphatic heterocycles. The maximum Gasteiger partial charge on any atom is 0.261 e. The van der Waals surface area contributed by atoms with Crippen LogP contribution in [0.15, 0.2) is 45.8 Å². The topological polar surface area (TPSA) is 43.4 Å². The zero-order valence-corrected chi connectivity index (χ0v) is 14.0. The molecule has 0 unspecified atom stereocenters. The summed E-state index contributed by atoms with van der Waals surface area (Å²) in [4.78, 5) is 0.0963. The fourth-order valence-corrected chi connectivity index (χ4v) is 3.48. The lowest BCUT2D eigenvalue weighted by molar-refractivity contribution is 0.478. The van der Waals surface area contributed by atoms with Crippen molar-refractivity contribution in [2.24, 2.45) is 0 Å². The molecule has 2 aromatic rings. The Balaban J connectivity index is 2.34. The molecule has 2 rings (SSSR count). The van der Waals surface area contributed by atoms with E-state index >= 15 is 0 Å². The molecule has 2 aromatic carbocycles. The predicted octanol–water partition coefficient (Wildman–Crippen LogP) is 4.79. The first-order valence-corrected chi connectivity index (χ1v) is 8.87.